The van der Waals surface area contributed by atoms with Crippen LogP contribution in [0.1, 0.15) is 17.3 Å². The number of methoxy groups -OCH3 is 1. The number of benzene rings is 1. The van der Waals surface area contributed by atoms with Gasteiger partial charge >= 0.3 is 0 Å². The average molecular weight is 228 g/mol. The Morgan fingerprint density at radius 3 is 2.80 bits per heavy atom. The lowest BCUT2D eigenvalue weighted by Crippen LogP contribution is -1.96. The second kappa shape index (κ2) is 5.88. The summed E-state index contributed by atoms with van der Waals surface area (Å²) in [5, 5.41) is 0. The van der Waals surface area contributed by atoms with E-state index in [9.17, 15) is 9.18 Å². The summed E-state index contributed by atoms with van der Waals surface area (Å²) in [5.74, 6) is 0.235. The Morgan fingerprint density at radius 1 is 1.53 bits per heavy atom. The quantitative estimate of drug-likeness (QED) is 0.440. The second-order valence-electron chi connectivity index (χ2n) is 3.04. The summed E-state index contributed by atoms with van der Waals surface area (Å²) < 4.78 is 18.3. The van der Waals surface area contributed by atoms with Gasteiger partial charge in [-0.3, -0.25) is 4.79 Å². The normalized spacial score (nSPS) is 10.3. The highest BCUT2D eigenvalue weighted by Crippen LogP contribution is 2.22. The maximum Gasteiger partial charge on any atom is 0.159 e. The summed E-state index contributed by atoms with van der Waals surface area (Å²) in [7, 11) is 1.61. The lowest BCUT2D eigenvalue weighted by atomic mass is 10.1. The van der Waals surface area contributed by atoms with Gasteiger partial charge in [0, 0.05) is 23.3 Å². The molecule has 0 radical (unpaired) electrons. The van der Waals surface area contributed by atoms with Gasteiger partial charge in [0.1, 0.15) is 5.82 Å². The maximum atomic E-state index is 13.4. The minimum Gasteiger partial charge on any atom is -0.384 e. The van der Waals surface area contributed by atoms with E-state index in [1.165, 1.54) is 24.8 Å². The van der Waals surface area contributed by atoms with Crippen molar-refractivity contribution in [1.29, 1.82) is 0 Å². The van der Waals surface area contributed by atoms with E-state index in [1.807, 2.05) is 0 Å². The first kappa shape index (κ1) is 12.2. The summed E-state index contributed by atoms with van der Waals surface area (Å²) in [6, 6.07) is 4.55. The van der Waals surface area contributed by atoms with Crippen LogP contribution in [-0.2, 0) is 4.74 Å². The van der Waals surface area contributed by atoms with E-state index in [0.29, 0.717) is 22.8 Å². The molecule has 0 fully saturated rings. The molecule has 0 aromatic heterocycles. The molecule has 1 aromatic carbocycles. The first-order chi connectivity index (χ1) is 7.15. The van der Waals surface area contributed by atoms with Crippen LogP contribution < -0.4 is 0 Å². The Kier molecular flexibility index (Phi) is 4.78. The van der Waals surface area contributed by atoms with Gasteiger partial charge in [0.15, 0.2) is 5.78 Å². The number of ketones is 1. The lowest BCUT2D eigenvalue weighted by molar-refractivity contribution is 0.101. The van der Waals surface area contributed by atoms with Crippen LogP contribution in [0.15, 0.2) is 23.1 Å². The molecule has 0 amide bonds. The van der Waals surface area contributed by atoms with Gasteiger partial charge in [0.05, 0.1) is 6.61 Å². The number of carbonyl (C=O) groups is 1. The third-order valence-electron chi connectivity index (χ3n) is 1.88. The molecule has 4 heteroatoms. The minimum atomic E-state index is -0.344. The van der Waals surface area contributed by atoms with Crippen LogP contribution in [0.5, 0.6) is 0 Å². The molecule has 0 bridgehead atoms. The molecule has 0 unspecified atom stereocenters. The van der Waals surface area contributed by atoms with Gasteiger partial charge in [-0.2, -0.15) is 0 Å². The van der Waals surface area contributed by atoms with Crippen molar-refractivity contribution in [2.75, 3.05) is 19.5 Å². The molecule has 0 aliphatic heterocycles. The van der Waals surface area contributed by atoms with Crippen LogP contribution >= 0.6 is 11.8 Å². The van der Waals surface area contributed by atoms with E-state index >= 15 is 0 Å². The van der Waals surface area contributed by atoms with E-state index in [1.54, 1.807) is 19.2 Å². The molecule has 1 rings (SSSR count). The molecule has 0 spiro atoms. The highest BCUT2D eigenvalue weighted by molar-refractivity contribution is 7.99. The van der Waals surface area contributed by atoms with Gasteiger partial charge < -0.3 is 4.74 Å². The summed E-state index contributed by atoms with van der Waals surface area (Å²) in [5.41, 5.74) is 0.406. The zero-order valence-electron chi connectivity index (χ0n) is 8.75. The number of hydrogen-bond donors (Lipinski definition) is 0. The fourth-order valence-electron chi connectivity index (χ4n) is 1.07. The zero-order chi connectivity index (χ0) is 11.3. The van der Waals surface area contributed by atoms with Gasteiger partial charge in [-0.15, -0.1) is 11.8 Å². The molecule has 82 valence electrons. The van der Waals surface area contributed by atoms with Crippen LogP contribution in [0, 0.1) is 5.82 Å². The number of ether oxygens (including phenoxy) is 1. The molecular formula is C11H13FO2S. The Morgan fingerprint density at radius 2 is 2.27 bits per heavy atom. The minimum absolute atomic E-state index is 0.123. The molecule has 0 aliphatic carbocycles. The van der Waals surface area contributed by atoms with Crippen molar-refractivity contribution in [2.45, 2.75) is 11.8 Å². The van der Waals surface area contributed by atoms with Crippen molar-refractivity contribution in [2.24, 2.45) is 0 Å². The van der Waals surface area contributed by atoms with Crippen molar-refractivity contribution in [3.63, 3.8) is 0 Å². The number of halogens is 1. The molecule has 0 aliphatic rings. The van der Waals surface area contributed by atoms with Gasteiger partial charge in [0.2, 0.25) is 0 Å². The van der Waals surface area contributed by atoms with Crippen LogP contribution in [0.3, 0.4) is 0 Å². The van der Waals surface area contributed by atoms with Crippen LogP contribution in [0.25, 0.3) is 0 Å². The molecular weight excluding hydrogens is 215 g/mol. The van der Waals surface area contributed by atoms with E-state index in [-0.39, 0.29) is 11.6 Å². The molecule has 15 heavy (non-hydrogen) atoms. The Labute approximate surface area is 92.8 Å². The third-order valence-corrected chi connectivity index (χ3v) is 2.90. The molecule has 0 heterocycles. The smallest absolute Gasteiger partial charge is 0.159 e. The van der Waals surface area contributed by atoms with Gasteiger partial charge in [-0.05, 0) is 19.1 Å². The number of rotatable bonds is 5. The van der Waals surface area contributed by atoms with Gasteiger partial charge in [0.25, 0.3) is 0 Å². The number of hydrogen-bond acceptors (Lipinski definition) is 3. The monoisotopic (exact) mass is 228 g/mol. The molecule has 0 N–H and O–H groups in total. The SMILES string of the molecule is COCCSc1ccc(C(C)=O)cc1F. The average Bonchev–Trinajstić information content (AvgIpc) is 2.20. The summed E-state index contributed by atoms with van der Waals surface area (Å²) in [6.45, 7) is 2.01. The predicted octanol–water partition coefficient (Wildman–Crippen LogP) is 2.77. The first-order valence-corrected chi connectivity index (χ1v) is 5.56. The Balaban J connectivity index is 2.70. The zero-order valence-corrected chi connectivity index (χ0v) is 9.57. The van der Waals surface area contributed by atoms with Crippen LogP contribution in [0.4, 0.5) is 4.39 Å². The third kappa shape index (κ3) is 3.64. The van der Waals surface area contributed by atoms with Crippen LogP contribution in [0.2, 0.25) is 0 Å². The fraction of sp³-hybridized carbons (Fsp3) is 0.364. The van der Waals surface area contributed by atoms with Crippen molar-refractivity contribution in [3.05, 3.63) is 29.6 Å². The number of Topliss-reactive ketones (excluding diaryl/α,β-unsaturated/α-hetero) is 1. The summed E-state index contributed by atoms with van der Waals surface area (Å²) in [6.07, 6.45) is 0. The van der Waals surface area contributed by atoms with Crippen molar-refractivity contribution < 1.29 is 13.9 Å². The van der Waals surface area contributed by atoms with E-state index in [0.717, 1.165) is 0 Å². The van der Waals surface area contributed by atoms with E-state index in [2.05, 4.69) is 0 Å². The largest absolute Gasteiger partial charge is 0.384 e. The second-order valence-corrected chi connectivity index (χ2v) is 4.18. The van der Waals surface area contributed by atoms with Crippen molar-refractivity contribution in [3.8, 4) is 0 Å². The number of carbonyl (C=O) groups excluding carboxylic acids is 1. The standard InChI is InChI=1S/C11H13FO2S/c1-8(13)9-3-4-11(10(12)7-9)15-6-5-14-2/h3-4,7H,5-6H2,1-2H3. The van der Waals surface area contributed by atoms with E-state index < -0.39 is 0 Å². The van der Waals surface area contributed by atoms with Crippen molar-refractivity contribution in [1.82, 2.24) is 0 Å². The molecule has 2 nitrogen and oxygen atoms in total. The summed E-state index contributed by atoms with van der Waals surface area (Å²) >= 11 is 1.38. The number of thioether (sulfide) groups is 1. The molecule has 0 saturated heterocycles. The Bertz CT molecular complexity index is 352. The van der Waals surface area contributed by atoms with Crippen molar-refractivity contribution >= 4 is 17.5 Å². The molecule has 1 aromatic rings. The molecule has 0 saturated carbocycles. The predicted molar refractivity (Wildman–Crippen MR) is 59.0 cm³/mol. The first-order valence-electron chi connectivity index (χ1n) is 4.57. The maximum absolute atomic E-state index is 13.4. The molecule has 0 atom stereocenters. The fourth-order valence-corrected chi connectivity index (χ4v) is 1.90. The van der Waals surface area contributed by atoms with E-state index in [4.69, 9.17) is 4.74 Å². The van der Waals surface area contributed by atoms with Gasteiger partial charge in [-0.1, -0.05) is 6.07 Å². The Hall–Kier alpha value is -0.870. The van der Waals surface area contributed by atoms with Crippen LogP contribution in [-0.4, -0.2) is 25.3 Å². The lowest BCUT2D eigenvalue weighted by Gasteiger charge is -2.03. The highest BCUT2D eigenvalue weighted by atomic mass is 32.2. The van der Waals surface area contributed by atoms with Gasteiger partial charge in [-0.25, -0.2) is 4.39 Å². The highest BCUT2D eigenvalue weighted by Gasteiger charge is 2.06. The topological polar surface area (TPSA) is 26.3 Å². The summed E-state index contributed by atoms with van der Waals surface area (Å²) in [4.78, 5) is 11.5.